The predicted octanol–water partition coefficient (Wildman–Crippen LogP) is 2.83. The molecule has 0 saturated heterocycles. The molecule has 0 heterocycles. The van der Waals surface area contributed by atoms with Crippen LogP contribution < -0.4 is 20.1 Å². The summed E-state index contributed by atoms with van der Waals surface area (Å²) in [6.45, 7) is 1.92. The quantitative estimate of drug-likeness (QED) is 0.351. The molecule has 0 spiro atoms. The molecule has 0 aliphatic rings. The summed E-state index contributed by atoms with van der Waals surface area (Å²) in [6.07, 6.45) is 0. The Hall–Kier alpha value is -3.73. The number of carboxylic acid groups (broad SMARTS) is 1. The van der Waals surface area contributed by atoms with Gasteiger partial charge in [-0.05, 0) is 49.5 Å². The largest absolute Gasteiger partial charge is 0.495 e. The molecule has 0 fully saturated rings. The number of anilines is 1. The number of amides is 1. The molecule has 3 N–H and O–H groups in total. The second-order valence-electron chi connectivity index (χ2n) is 5.50. The Morgan fingerprint density at radius 2 is 1.83 bits per heavy atom. The number of nitrogens with one attached hydrogen (secondary N) is 2. The molecule has 0 aliphatic carbocycles. The molecular weight excluding hydrogens is 402 g/mol. The number of nitro groups is 1. The van der Waals surface area contributed by atoms with E-state index >= 15 is 0 Å². The lowest BCUT2D eigenvalue weighted by molar-refractivity contribution is -0.385. The number of ether oxygens (including phenoxy) is 2. The van der Waals surface area contributed by atoms with Crippen LogP contribution in [0.25, 0.3) is 0 Å². The molecule has 0 atom stereocenters. The lowest BCUT2D eigenvalue weighted by atomic mass is 10.1. The minimum Gasteiger partial charge on any atom is -0.495 e. The number of nitro benzene ring substituents is 1. The minimum absolute atomic E-state index is 0.00412. The fraction of sp³-hybridized carbons (Fsp3) is 0.167. The standard InChI is InChI=1S/C18H17N3O7S/c1-3-28-15-7-4-10(9-13(15)21(25)26)16(22)20-18(29)19-12-8-11(17(23)24)5-6-14(12)27-2/h4-9H,3H2,1-2H3,(H,23,24)(H2,19,20,22,29). The Balaban J connectivity index is 2.18. The zero-order valence-corrected chi connectivity index (χ0v) is 16.2. The van der Waals surface area contributed by atoms with Gasteiger partial charge in [-0.3, -0.25) is 20.2 Å². The average Bonchev–Trinajstić information content (AvgIpc) is 2.68. The van der Waals surface area contributed by atoms with Crippen LogP contribution in [0.1, 0.15) is 27.6 Å². The Kier molecular flexibility index (Phi) is 7.04. The van der Waals surface area contributed by atoms with Crippen LogP contribution in [0.3, 0.4) is 0 Å². The number of thiocarbonyl (C=S) groups is 1. The summed E-state index contributed by atoms with van der Waals surface area (Å²) in [5, 5.41) is 25.2. The summed E-state index contributed by atoms with van der Waals surface area (Å²) in [5.41, 5.74) is -0.135. The van der Waals surface area contributed by atoms with Gasteiger partial charge < -0.3 is 19.9 Å². The highest BCUT2D eigenvalue weighted by Crippen LogP contribution is 2.28. The number of hydrogen-bond acceptors (Lipinski definition) is 7. The molecule has 10 nitrogen and oxygen atoms in total. The van der Waals surface area contributed by atoms with Crippen molar-refractivity contribution in [2.45, 2.75) is 6.92 Å². The second kappa shape index (κ2) is 9.46. The van der Waals surface area contributed by atoms with Crippen molar-refractivity contribution >= 4 is 40.6 Å². The Bertz CT molecular complexity index is 978. The van der Waals surface area contributed by atoms with Gasteiger partial charge in [0.15, 0.2) is 10.9 Å². The first-order chi connectivity index (χ1) is 13.8. The van der Waals surface area contributed by atoms with Crippen LogP contribution in [0, 0.1) is 10.1 Å². The van der Waals surface area contributed by atoms with Crippen LogP contribution in [0.5, 0.6) is 11.5 Å². The van der Waals surface area contributed by atoms with Gasteiger partial charge in [0.25, 0.3) is 5.91 Å². The molecule has 0 aromatic heterocycles. The zero-order chi connectivity index (χ0) is 21.6. The molecule has 0 aliphatic heterocycles. The Labute approximate surface area is 170 Å². The van der Waals surface area contributed by atoms with Crippen molar-refractivity contribution in [3.05, 3.63) is 57.6 Å². The third-order valence-electron chi connectivity index (χ3n) is 3.64. The maximum atomic E-state index is 12.4. The maximum absolute atomic E-state index is 12.4. The molecule has 29 heavy (non-hydrogen) atoms. The molecule has 152 valence electrons. The number of carboxylic acids is 1. The van der Waals surface area contributed by atoms with E-state index in [0.29, 0.717) is 5.75 Å². The van der Waals surface area contributed by atoms with Crippen LogP contribution >= 0.6 is 12.2 Å². The molecule has 0 radical (unpaired) electrons. The molecule has 2 aromatic rings. The number of rotatable bonds is 7. The van der Waals surface area contributed by atoms with E-state index in [1.165, 1.54) is 37.4 Å². The third-order valence-corrected chi connectivity index (χ3v) is 3.84. The number of carbonyl (C=O) groups is 2. The molecule has 1 amide bonds. The Morgan fingerprint density at radius 1 is 1.17 bits per heavy atom. The highest BCUT2D eigenvalue weighted by molar-refractivity contribution is 7.80. The minimum atomic E-state index is -1.15. The highest BCUT2D eigenvalue weighted by atomic mass is 32.1. The summed E-state index contributed by atoms with van der Waals surface area (Å²) in [4.78, 5) is 34.1. The van der Waals surface area contributed by atoms with Gasteiger partial charge in [0.2, 0.25) is 0 Å². The summed E-state index contributed by atoms with van der Waals surface area (Å²) in [7, 11) is 1.39. The van der Waals surface area contributed by atoms with E-state index in [2.05, 4.69) is 10.6 Å². The lowest BCUT2D eigenvalue weighted by Crippen LogP contribution is -2.34. The molecule has 0 bridgehead atoms. The predicted molar refractivity (Wildman–Crippen MR) is 108 cm³/mol. The Morgan fingerprint density at radius 3 is 2.41 bits per heavy atom. The molecule has 2 rings (SSSR count). The van der Waals surface area contributed by atoms with Crippen LogP contribution in [-0.4, -0.2) is 40.7 Å². The molecule has 0 saturated carbocycles. The fourth-order valence-electron chi connectivity index (χ4n) is 2.35. The number of methoxy groups -OCH3 is 1. The number of aromatic carboxylic acids is 1. The van der Waals surface area contributed by atoms with Crippen molar-refractivity contribution in [1.29, 1.82) is 0 Å². The number of carbonyl (C=O) groups excluding carboxylic acids is 1. The number of hydrogen-bond donors (Lipinski definition) is 3. The third kappa shape index (κ3) is 5.39. The first-order valence-electron chi connectivity index (χ1n) is 8.21. The van der Waals surface area contributed by atoms with Gasteiger partial charge in [-0.25, -0.2) is 4.79 Å². The first kappa shape index (κ1) is 21.6. The molecule has 2 aromatic carbocycles. The molecule has 0 unspecified atom stereocenters. The fourth-order valence-corrected chi connectivity index (χ4v) is 2.55. The monoisotopic (exact) mass is 419 g/mol. The maximum Gasteiger partial charge on any atom is 0.335 e. The van der Waals surface area contributed by atoms with E-state index in [4.69, 9.17) is 26.8 Å². The highest BCUT2D eigenvalue weighted by Gasteiger charge is 2.19. The second-order valence-corrected chi connectivity index (χ2v) is 5.91. The topological polar surface area (TPSA) is 140 Å². The van der Waals surface area contributed by atoms with E-state index in [1.54, 1.807) is 6.92 Å². The van der Waals surface area contributed by atoms with Gasteiger partial charge in [0, 0.05) is 11.6 Å². The van der Waals surface area contributed by atoms with Crippen LogP contribution in [-0.2, 0) is 0 Å². The summed E-state index contributed by atoms with van der Waals surface area (Å²) >= 11 is 5.08. The zero-order valence-electron chi connectivity index (χ0n) is 15.4. The van der Waals surface area contributed by atoms with Crippen LogP contribution in [0.2, 0.25) is 0 Å². The van der Waals surface area contributed by atoms with Crippen molar-refractivity contribution in [2.24, 2.45) is 0 Å². The van der Waals surface area contributed by atoms with Crippen molar-refractivity contribution in [1.82, 2.24) is 5.32 Å². The van der Waals surface area contributed by atoms with Gasteiger partial charge in [0.1, 0.15) is 5.75 Å². The van der Waals surface area contributed by atoms with Gasteiger partial charge in [-0.1, -0.05) is 0 Å². The lowest BCUT2D eigenvalue weighted by Gasteiger charge is -2.13. The molecular formula is C18H17N3O7S. The van der Waals surface area contributed by atoms with Gasteiger partial charge >= 0.3 is 11.7 Å². The summed E-state index contributed by atoms with van der Waals surface area (Å²) < 4.78 is 10.3. The van der Waals surface area contributed by atoms with E-state index in [0.717, 1.165) is 6.07 Å². The van der Waals surface area contributed by atoms with Gasteiger partial charge in [0.05, 0.1) is 29.9 Å². The van der Waals surface area contributed by atoms with Gasteiger partial charge in [-0.15, -0.1) is 0 Å². The van der Waals surface area contributed by atoms with Gasteiger partial charge in [-0.2, -0.15) is 0 Å². The van der Waals surface area contributed by atoms with E-state index in [1.807, 2.05) is 0 Å². The number of nitrogens with zero attached hydrogens (tertiary/aromatic N) is 1. The SMILES string of the molecule is CCOc1ccc(C(=O)NC(=S)Nc2cc(C(=O)O)ccc2OC)cc1[N+](=O)[O-]. The van der Waals surface area contributed by atoms with E-state index in [9.17, 15) is 19.7 Å². The van der Waals surface area contributed by atoms with Crippen molar-refractivity contribution < 1.29 is 29.1 Å². The van der Waals surface area contributed by atoms with Crippen molar-refractivity contribution in [3.8, 4) is 11.5 Å². The average molecular weight is 419 g/mol. The summed E-state index contributed by atoms with van der Waals surface area (Å²) in [6, 6.07) is 7.85. The van der Waals surface area contributed by atoms with Crippen molar-refractivity contribution in [2.75, 3.05) is 19.0 Å². The van der Waals surface area contributed by atoms with Crippen molar-refractivity contribution in [3.63, 3.8) is 0 Å². The summed E-state index contributed by atoms with van der Waals surface area (Å²) in [5.74, 6) is -1.48. The smallest absolute Gasteiger partial charge is 0.335 e. The van der Waals surface area contributed by atoms with Crippen LogP contribution in [0.4, 0.5) is 11.4 Å². The van der Waals surface area contributed by atoms with E-state index in [-0.39, 0.29) is 40.0 Å². The molecule has 11 heteroatoms. The van der Waals surface area contributed by atoms with E-state index < -0.39 is 16.8 Å². The normalized spacial score (nSPS) is 10.0. The first-order valence-corrected chi connectivity index (χ1v) is 8.62. The van der Waals surface area contributed by atoms with Crippen LogP contribution in [0.15, 0.2) is 36.4 Å². The number of benzene rings is 2.